The molecule has 6 heteroatoms. The van der Waals surface area contributed by atoms with Crippen LogP contribution in [0.1, 0.15) is 31.0 Å². The Morgan fingerprint density at radius 1 is 1.57 bits per heavy atom. The maximum absolute atomic E-state index is 12.2. The summed E-state index contributed by atoms with van der Waals surface area (Å²) >= 11 is 1.69. The smallest absolute Gasteiger partial charge is 0.226 e. The van der Waals surface area contributed by atoms with E-state index < -0.39 is 0 Å². The van der Waals surface area contributed by atoms with Gasteiger partial charge in [-0.1, -0.05) is 0 Å². The fraction of sp³-hybridized carbons (Fsp3) is 0.733. The van der Waals surface area contributed by atoms with Crippen molar-refractivity contribution in [2.24, 2.45) is 5.92 Å². The predicted molar refractivity (Wildman–Crippen MR) is 82.2 cm³/mol. The Kier molecular flexibility index (Phi) is 4.28. The zero-order chi connectivity index (χ0) is 15.0. The number of aromatic nitrogens is 1. The molecule has 0 unspecified atom stereocenters. The topological polar surface area (TPSA) is 54.5 Å². The standard InChI is InChI=1S/C15H23N3O2S/c1-9(2)16-15(19)13-4-12-6-18(7-14(13)20-12)5-11-8-21-10(3)17-11/h8-9,12-14H,4-7H2,1-3H3,(H,16,19)/t12-,13+,14-/m1/s1. The molecular formula is C15H23N3O2S. The summed E-state index contributed by atoms with van der Waals surface area (Å²) in [5.74, 6) is 0.142. The Morgan fingerprint density at radius 3 is 3.05 bits per heavy atom. The van der Waals surface area contributed by atoms with Gasteiger partial charge < -0.3 is 10.1 Å². The van der Waals surface area contributed by atoms with Gasteiger partial charge >= 0.3 is 0 Å². The molecule has 1 amide bonds. The lowest BCUT2D eigenvalue weighted by atomic mass is 9.99. The molecular weight excluding hydrogens is 286 g/mol. The molecule has 116 valence electrons. The summed E-state index contributed by atoms with van der Waals surface area (Å²) in [5.41, 5.74) is 1.13. The van der Waals surface area contributed by atoms with E-state index in [0.717, 1.165) is 36.8 Å². The molecule has 1 aromatic rings. The third-order valence-electron chi connectivity index (χ3n) is 4.05. The minimum Gasteiger partial charge on any atom is -0.371 e. The van der Waals surface area contributed by atoms with Crippen LogP contribution in [0, 0.1) is 12.8 Å². The van der Waals surface area contributed by atoms with E-state index in [1.807, 2.05) is 20.8 Å². The van der Waals surface area contributed by atoms with Crippen LogP contribution in [0.5, 0.6) is 0 Å². The van der Waals surface area contributed by atoms with Gasteiger partial charge in [-0.05, 0) is 27.2 Å². The molecule has 3 rings (SSSR count). The molecule has 3 atom stereocenters. The first kappa shape index (κ1) is 14.9. The minimum atomic E-state index is -0.000398. The summed E-state index contributed by atoms with van der Waals surface area (Å²) in [4.78, 5) is 19.1. The second-order valence-corrected chi connectivity index (χ2v) is 7.42. The molecule has 2 fully saturated rings. The number of fused-ring (bicyclic) bond motifs is 2. The van der Waals surface area contributed by atoms with Crippen molar-refractivity contribution in [3.8, 4) is 0 Å². The third-order valence-corrected chi connectivity index (χ3v) is 4.88. The zero-order valence-electron chi connectivity index (χ0n) is 12.8. The van der Waals surface area contributed by atoms with Gasteiger partial charge in [-0.2, -0.15) is 0 Å². The Hall–Kier alpha value is -0.980. The van der Waals surface area contributed by atoms with Crippen LogP contribution in [-0.2, 0) is 16.1 Å². The Labute approximate surface area is 129 Å². The number of morpholine rings is 1. The first-order valence-corrected chi connectivity index (χ1v) is 8.48. The number of aryl methyl sites for hydroxylation is 1. The normalized spacial score (nSPS) is 29.0. The lowest BCUT2D eigenvalue weighted by molar-refractivity contribution is -0.128. The van der Waals surface area contributed by atoms with E-state index in [1.165, 1.54) is 0 Å². The summed E-state index contributed by atoms with van der Waals surface area (Å²) in [6, 6.07) is 0.187. The van der Waals surface area contributed by atoms with E-state index in [1.54, 1.807) is 11.3 Å². The highest BCUT2D eigenvalue weighted by atomic mass is 32.1. The first-order chi connectivity index (χ1) is 10.0. The first-order valence-electron chi connectivity index (χ1n) is 7.60. The highest BCUT2D eigenvalue weighted by molar-refractivity contribution is 7.09. The number of hydrogen-bond acceptors (Lipinski definition) is 5. The third kappa shape index (κ3) is 3.44. The average molecular weight is 309 g/mol. The van der Waals surface area contributed by atoms with Gasteiger partial charge in [-0.25, -0.2) is 4.98 Å². The minimum absolute atomic E-state index is 0.000398. The van der Waals surface area contributed by atoms with Crippen molar-refractivity contribution in [1.29, 1.82) is 0 Å². The average Bonchev–Trinajstić information content (AvgIpc) is 2.92. The van der Waals surface area contributed by atoms with E-state index >= 15 is 0 Å². The highest BCUT2D eigenvalue weighted by Gasteiger charge is 2.44. The molecule has 1 N–H and O–H groups in total. The maximum atomic E-state index is 12.2. The van der Waals surface area contributed by atoms with Crippen LogP contribution in [0.4, 0.5) is 0 Å². The van der Waals surface area contributed by atoms with Gasteiger partial charge in [-0.15, -0.1) is 11.3 Å². The molecule has 2 bridgehead atoms. The van der Waals surface area contributed by atoms with E-state index in [9.17, 15) is 4.79 Å². The number of nitrogens with zero attached hydrogens (tertiary/aromatic N) is 2. The number of thiazole rings is 1. The lowest BCUT2D eigenvalue weighted by Crippen LogP contribution is -2.45. The van der Waals surface area contributed by atoms with Crippen molar-refractivity contribution in [3.63, 3.8) is 0 Å². The fourth-order valence-corrected chi connectivity index (χ4v) is 3.85. The summed E-state index contributed by atoms with van der Waals surface area (Å²) < 4.78 is 5.97. The van der Waals surface area contributed by atoms with E-state index in [0.29, 0.717) is 0 Å². The van der Waals surface area contributed by atoms with Gasteiger partial charge in [0, 0.05) is 31.1 Å². The predicted octanol–water partition coefficient (Wildman–Crippen LogP) is 1.57. The van der Waals surface area contributed by atoms with Gasteiger partial charge in [0.05, 0.1) is 28.8 Å². The summed E-state index contributed by atoms with van der Waals surface area (Å²) in [5, 5.41) is 6.24. The molecule has 0 saturated carbocycles. The number of carbonyl (C=O) groups excluding carboxylic acids is 1. The molecule has 0 radical (unpaired) electrons. The number of hydrogen-bond donors (Lipinski definition) is 1. The maximum Gasteiger partial charge on any atom is 0.226 e. The SMILES string of the molecule is Cc1nc(CN2C[C@H]3C[C@H](C(=O)NC(C)C)[C@@H](C2)O3)cs1. The van der Waals surface area contributed by atoms with Crippen LogP contribution in [0.2, 0.25) is 0 Å². The van der Waals surface area contributed by atoms with Crippen molar-refractivity contribution >= 4 is 17.2 Å². The van der Waals surface area contributed by atoms with E-state index in [2.05, 4.69) is 20.6 Å². The zero-order valence-corrected chi connectivity index (χ0v) is 13.7. The highest BCUT2D eigenvalue weighted by Crippen LogP contribution is 2.32. The van der Waals surface area contributed by atoms with Crippen molar-refractivity contribution < 1.29 is 9.53 Å². The molecule has 1 aromatic heterocycles. The van der Waals surface area contributed by atoms with Gasteiger partial charge in [-0.3, -0.25) is 9.69 Å². The molecule has 0 spiro atoms. The van der Waals surface area contributed by atoms with Crippen LogP contribution < -0.4 is 5.32 Å². The Balaban J connectivity index is 1.60. The fourth-order valence-electron chi connectivity index (χ4n) is 3.24. The van der Waals surface area contributed by atoms with Crippen LogP contribution in [0.25, 0.3) is 0 Å². The number of amides is 1. The second kappa shape index (κ2) is 6.02. The monoisotopic (exact) mass is 309 g/mol. The van der Waals surface area contributed by atoms with E-state index in [4.69, 9.17) is 4.74 Å². The van der Waals surface area contributed by atoms with Crippen molar-refractivity contribution in [2.75, 3.05) is 13.1 Å². The van der Waals surface area contributed by atoms with Gasteiger partial charge in [0.25, 0.3) is 0 Å². The lowest BCUT2D eigenvalue weighted by Gasteiger charge is -2.32. The number of likely N-dealkylation sites (tertiary alicyclic amines) is 1. The van der Waals surface area contributed by atoms with E-state index in [-0.39, 0.29) is 30.1 Å². The molecule has 2 saturated heterocycles. The molecule has 0 aliphatic carbocycles. The largest absolute Gasteiger partial charge is 0.371 e. The molecule has 2 aliphatic heterocycles. The van der Waals surface area contributed by atoms with Crippen molar-refractivity contribution in [3.05, 3.63) is 16.1 Å². The molecule has 21 heavy (non-hydrogen) atoms. The van der Waals surface area contributed by atoms with Crippen LogP contribution >= 0.6 is 11.3 Å². The Morgan fingerprint density at radius 2 is 2.38 bits per heavy atom. The quantitative estimate of drug-likeness (QED) is 0.917. The summed E-state index contributed by atoms with van der Waals surface area (Å²) in [6.07, 6.45) is 1.06. The molecule has 0 aromatic carbocycles. The molecule has 2 aliphatic rings. The van der Waals surface area contributed by atoms with Crippen LogP contribution in [-0.4, -0.2) is 47.1 Å². The molecule has 5 nitrogen and oxygen atoms in total. The Bertz CT molecular complexity index is 517. The van der Waals surface area contributed by atoms with Gasteiger partial charge in [0.15, 0.2) is 0 Å². The number of ether oxygens (including phenoxy) is 1. The number of nitrogens with one attached hydrogen (secondary N) is 1. The number of rotatable bonds is 4. The van der Waals surface area contributed by atoms with Crippen molar-refractivity contribution in [2.45, 2.75) is 52.0 Å². The number of carbonyl (C=O) groups is 1. The summed E-state index contributed by atoms with van der Waals surface area (Å²) in [7, 11) is 0. The second-order valence-electron chi connectivity index (χ2n) is 6.35. The van der Waals surface area contributed by atoms with Gasteiger partial charge in [0.2, 0.25) is 5.91 Å². The van der Waals surface area contributed by atoms with Crippen LogP contribution in [0.15, 0.2) is 5.38 Å². The van der Waals surface area contributed by atoms with Crippen molar-refractivity contribution in [1.82, 2.24) is 15.2 Å². The molecule has 3 heterocycles. The van der Waals surface area contributed by atoms with Crippen LogP contribution in [0.3, 0.4) is 0 Å². The summed E-state index contributed by atoms with van der Waals surface area (Å²) in [6.45, 7) is 8.61. The van der Waals surface area contributed by atoms with Gasteiger partial charge in [0.1, 0.15) is 0 Å².